The quantitative estimate of drug-likeness (QED) is 0.268. The second kappa shape index (κ2) is 10.5. The molecule has 9 nitrogen and oxygen atoms in total. The predicted octanol–water partition coefficient (Wildman–Crippen LogP) is 4.81. The van der Waals surface area contributed by atoms with Crippen molar-refractivity contribution in [1.82, 2.24) is 14.8 Å². The Bertz CT molecular complexity index is 1120. The number of aryl methyl sites for hydroxylation is 1. The minimum Gasteiger partial charge on any atom is -0.483 e. The summed E-state index contributed by atoms with van der Waals surface area (Å²) < 4.78 is 7.73. The van der Waals surface area contributed by atoms with Gasteiger partial charge in [0.2, 0.25) is 5.91 Å². The Hall–Kier alpha value is -3.11. The Kier molecular flexibility index (Phi) is 7.70. The minimum absolute atomic E-state index is 0.0265. The van der Waals surface area contributed by atoms with Gasteiger partial charge in [-0.1, -0.05) is 42.4 Å². The molecule has 2 aromatic carbocycles. The van der Waals surface area contributed by atoms with Gasteiger partial charge in [0.25, 0.3) is 5.69 Å². The van der Waals surface area contributed by atoms with Crippen LogP contribution in [0.15, 0.2) is 47.6 Å². The number of nitrogens with zero attached hydrogens (tertiary/aromatic N) is 4. The van der Waals surface area contributed by atoms with E-state index in [9.17, 15) is 14.9 Å². The zero-order valence-electron chi connectivity index (χ0n) is 17.7. The maximum atomic E-state index is 12.3. The number of hydrogen-bond donors (Lipinski definition) is 1. The number of hydrogen-bond acceptors (Lipinski definition) is 7. The molecule has 0 aliphatic heterocycles. The van der Waals surface area contributed by atoms with Crippen LogP contribution in [0.4, 0.5) is 11.4 Å². The minimum atomic E-state index is -0.552. The molecule has 0 spiro atoms. The number of nitrogens with one attached hydrogen (secondary N) is 1. The van der Waals surface area contributed by atoms with Crippen LogP contribution in [0.5, 0.6) is 5.75 Å². The Morgan fingerprint density at radius 3 is 2.66 bits per heavy atom. The van der Waals surface area contributed by atoms with Gasteiger partial charge in [0, 0.05) is 19.2 Å². The first-order valence-corrected chi connectivity index (χ1v) is 11.2. The molecule has 1 aromatic heterocycles. The Balaban J connectivity index is 1.60. The van der Waals surface area contributed by atoms with Crippen LogP contribution in [0.3, 0.4) is 0 Å². The van der Waals surface area contributed by atoms with Crippen LogP contribution >= 0.6 is 23.4 Å². The van der Waals surface area contributed by atoms with Crippen molar-refractivity contribution in [1.29, 1.82) is 0 Å². The van der Waals surface area contributed by atoms with Crippen LogP contribution in [0.25, 0.3) is 0 Å². The van der Waals surface area contributed by atoms with E-state index in [0.717, 1.165) is 12.2 Å². The fourth-order valence-electron chi connectivity index (χ4n) is 2.91. The summed E-state index contributed by atoms with van der Waals surface area (Å²) in [5, 5.41) is 22.6. The molecule has 1 amide bonds. The average Bonchev–Trinajstić information content (AvgIpc) is 3.14. The molecule has 1 atom stereocenters. The van der Waals surface area contributed by atoms with E-state index < -0.39 is 4.92 Å². The number of ether oxygens (including phenoxy) is 1. The molecule has 0 unspecified atom stereocenters. The third-order valence-corrected chi connectivity index (χ3v) is 5.99. The van der Waals surface area contributed by atoms with Gasteiger partial charge in [-0.25, -0.2) is 0 Å². The van der Waals surface area contributed by atoms with Gasteiger partial charge >= 0.3 is 0 Å². The molecule has 0 radical (unpaired) electrons. The summed E-state index contributed by atoms with van der Waals surface area (Å²) in [6, 6.07) is 11.7. The molecule has 3 aromatic rings. The van der Waals surface area contributed by atoms with Crippen molar-refractivity contribution >= 4 is 40.6 Å². The lowest BCUT2D eigenvalue weighted by Crippen LogP contribution is -2.15. The number of amides is 1. The van der Waals surface area contributed by atoms with Crippen LogP contribution in [0, 0.1) is 10.1 Å². The SMILES string of the molecule is CCc1ccc(O[C@@H](C)c2nnc(SCC(=O)Nc3cc([N+](=O)[O-])ccc3Cl)n2C)cc1. The number of non-ortho nitro benzene ring substituents is 1. The number of aromatic nitrogens is 3. The highest BCUT2D eigenvalue weighted by Crippen LogP contribution is 2.28. The number of halogens is 1. The largest absolute Gasteiger partial charge is 0.483 e. The van der Waals surface area contributed by atoms with E-state index in [4.69, 9.17) is 16.3 Å². The first kappa shape index (κ1) is 23.6. The van der Waals surface area contributed by atoms with Crippen molar-refractivity contribution in [2.24, 2.45) is 7.05 Å². The summed E-state index contributed by atoms with van der Waals surface area (Å²) in [6.07, 6.45) is 0.618. The van der Waals surface area contributed by atoms with Crippen LogP contribution in [-0.2, 0) is 18.3 Å². The lowest BCUT2D eigenvalue weighted by molar-refractivity contribution is -0.384. The highest BCUT2D eigenvalue weighted by Gasteiger charge is 2.19. The molecule has 0 saturated heterocycles. The number of benzene rings is 2. The zero-order valence-corrected chi connectivity index (χ0v) is 19.3. The van der Waals surface area contributed by atoms with Crippen molar-refractivity contribution in [3.8, 4) is 5.75 Å². The standard InChI is InChI=1S/C21H22ClN5O4S/c1-4-14-5-8-16(9-6-14)31-13(2)20-24-25-21(26(20)3)32-12-19(28)23-18-11-15(27(29)30)7-10-17(18)22/h5-11,13H,4,12H2,1-3H3,(H,23,28)/t13-/m0/s1. The second-order valence-electron chi connectivity index (χ2n) is 6.92. The number of carbonyl (C=O) groups excluding carboxylic acids is 1. The Morgan fingerprint density at radius 1 is 1.28 bits per heavy atom. The highest BCUT2D eigenvalue weighted by atomic mass is 35.5. The molecule has 1 heterocycles. The van der Waals surface area contributed by atoms with Gasteiger partial charge in [-0.15, -0.1) is 10.2 Å². The van der Waals surface area contributed by atoms with Gasteiger partial charge in [0.15, 0.2) is 17.1 Å². The maximum absolute atomic E-state index is 12.3. The summed E-state index contributed by atoms with van der Waals surface area (Å²) in [7, 11) is 1.80. The fourth-order valence-corrected chi connectivity index (χ4v) is 3.79. The first-order chi connectivity index (χ1) is 15.3. The van der Waals surface area contributed by atoms with Crippen molar-refractivity contribution in [3.63, 3.8) is 0 Å². The molecule has 0 aliphatic carbocycles. The predicted molar refractivity (Wildman–Crippen MR) is 123 cm³/mol. The number of anilines is 1. The van der Waals surface area contributed by atoms with E-state index in [1.165, 1.54) is 35.5 Å². The van der Waals surface area contributed by atoms with E-state index in [-0.39, 0.29) is 34.2 Å². The molecule has 0 saturated carbocycles. The Labute approximate surface area is 194 Å². The number of nitro groups is 1. The number of carbonyl (C=O) groups is 1. The second-order valence-corrected chi connectivity index (χ2v) is 8.27. The molecule has 0 fully saturated rings. The van der Waals surface area contributed by atoms with Gasteiger partial charge < -0.3 is 14.6 Å². The lowest BCUT2D eigenvalue weighted by Gasteiger charge is -2.14. The van der Waals surface area contributed by atoms with E-state index in [2.05, 4.69) is 22.4 Å². The van der Waals surface area contributed by atoms with E-state index in [1.54, 1.807) is 11.6 Å². The normalized spacial score (nSPS) is 11.8. The van der Waals surface area contributed by atoms with Gasteiger partial charge in [0.1, 0.15) is 5.75 Å². The maximum Gasteiger partial charge on any atom is 0.271 e. The monoisotopic (exact) mass is 475 g/mol. The topological polar surface area (TPSA) is 112 Å². The van der Waals surface area contributed by atoms with Crippen LogP contribution in [-0.4, -0.2) is 31.3 Å². The highest BCUT2D eigenvalue weighted by molar-refractivity contribution is 7.99. The molecule has 11 heteroatoms. The summed E-state index contributed by atoms with van der Waals surface area (Å²) in [5.41, 5.74) is 1.25. The third kappa shape index (κ3) is 5.77. The van der Waals surface area contributed by atoms with Crippen LogP contribution in [0.2, 0.25) is 5.02 Å². The van der Waals surface area contributed by atoms with Gasteiger partial charge in [-0.2, -0.15) is 0 Å². The molecule has 32 heavy (non-hydrogen) atoms. The molecule has 0 bridgehead atoms. The summed E-state index contributed by atoms with van der Waals surface area (Å²) in [5.74, 6) is 1.01. The van der Waals surface area contributed by atoms with Crippen molar-refractivity contribution in [2.75, 3.05) is 11.1 Å². The van der Waals surface area contributed by atoms with Gasteiger partial charge in [0.05, 0.1) is 21.4 Å². The first-order valence-electron chi connectivity index (χ1n) is 9.80. The van der Waals surface area contributed by atoms with E-state index in [1.807, 2.05) is 31.2 Å². The summed E-state index contributed by atoms with van der Waals surface area (Å²) in [6.45, 7) is 3.97. The molecule has 3 rings (SSSR count). The van der Waals surface area contributed by atoms with Crippen LogP contribution in [0.1, 0.15) is 31.3 Å². The zero-order chi connectivity index (χ0) is 23.3. The molecule has 0 aliphatic rings. The van der Waals surface area contributed by atoms with E-state index in [0.29, 0.717) is 11.0 Å². The smallest absolute Gasteiger partial charge is 0.271 e. The van der Waals surface area contributed by atoms with Gasteiger partial charge in [-0.3, -0.25) is 14.9 Å². The third-order valence-electron chi connectivity index (χ3n) is 4.64. The molecule has 168 valence electrons. The number of nitro benzene ring substituents is 1. The number of rotatable bonds is 9. The van der Waals surface area contributed by atoms with Crippen molar-refractivity contribution in [3.05, 3.63) is 69.0 Å². The molecular weight excluding hydrogens is 454 g/mol. The Morgan fingerprint density at radius 2 is 2.00 bits per heavy atom. The lowest BCUT2D eigenvalue weighted by atomic mass is 10.2. The van der Waals surface area contributed by atoms with Gasteiger partial charge in [-0.05, 0) is 37.1 Å². The van der Waals surface area contributed by atoms with E-state index >= 15 is 0 Å². The molecule has 1 N–H and O–H groups in total. The summed E-state index contributed by atoms with van der Waals surface area (Å²) in [4.78, 5) is 22.7. The van der Waals surface area contributed by atoms with Crippen LogP contribution < -0.4 is 10.1 Å². The van der Waals surface area contributed by atoms with Crippen molar-refractivity contribution < 1.29 is 14.5 Å². The number of thioether (sulfide) groups is 1. The fraction of sp³-hybridized carbons (Fsp3) is 0.286. The molecular formula is C21H22ClN5O4S. The van der Waals surface area contributed by atoms with Crippen molar-refractivity contribution in [2.45, 2.75) is 31.5 Å². The average molecular weight is 476 g/mol. The summed E-state index contributed by atoms with van der Waals surface area (Å²) >= 11 is 7.21.